The molecule has 2 aromatic rings. The Morgan fingerprint density at radius 1 is 1.03 bits per heavy atom. The monoisotopic (exact) mass is 416 g/mol. The number of anilines is 1. The van der Waals surface area contributed by atoms with Gasteiger partial charge in [-0.25, -0.2) is 0 Å². The predicted molar refractivity (Wildman–Crippen MR) is 114 cm³/mol. The van der Waals surface area contributed by atoms with E-state index in [2.05, 4.69) is 10.6 Å². The van der Waals surface area contributed by atoms with Gasteiger partial charge in [0, 0.05) is 18.0 Å². The van der Waals surface area contributed by atoms with Crippen LogP contribution in [-0.4, -0.2) is 51.2 Å². The van der Waals surface area contributed by atoms with Gasteiger partial charge in [-0.3, -0.25) is 9.59 Å². The number of para-hydroxylation sites is 1. The van der Waals surface area contributed by atoms with Gasteiger partial charge >= 0.3 is 0 Å². The zero-order chi connectivity index (χ0) is 20.5. The van der Waals surface area contributed by atoms with E-state index >= 15 is 0 Å². The van der Waals surface area contributed by atoms with Crippen LogP contribution < -0.4 is 15.5 Å². The maximum Gasteiger partial charge on any atom is 0.253 e. The highest BCUT2D eigenvalue weighted by Crippen LogP contribution is 2.16. The third kappa shape index (κ3) is 6.85. The first-order valence-electron chi connectivity index (χ1n) is 9.94. The molecule has 154 valence electrons. The fourth-order valence-corrected chi connectivity index (χ4v) is 3.44. The van der Waals surface area contributed by atoms with Crippen LogP contribution in [0, 0.1) is 0 Å². The molecule has 7 heteroatoms. The van der Waals surface area contributed by atoms with Gasteiger partial charge in [0.1, 0.15) is 13.1 Å². The Bertz CT molecular complexity index is 820. The van der Waals surface area contributed by atoms with Crippen molar-refractivity contribution in [1.82, 2.24) is 5.32 Å². The van der Waals surface area contributed by atoms with Crippen molar-refractivity contribution in [2.24, 2.45) is 0 Å². The van der Waals surface area contributed by atoms with Gasteiger partial charge in [-0.05, 0) is 29.8 Å². The minimum absolute atomic E-state index is 0.177. The fraction of sp³-hybridized carbons (Fsp3) is 0.364. The van der Waals surface area contributed by atoms with Crippen LogP contribution in [-0.2, 0) is 16.0 Å². The summed E-state index contributed by atoms with van der Waals surface area (Å²) in [6.07, 6.45) is 1.13. The molecule has 0 aromatic heterocycles. The Morgan fingerprint density at radius 3 is 2.52 bits per heavy atom. The van der Waals surface area contributed by atoms with Crippen molar-refractivity contribution in [2.75, 3.05) is 44.7 Å². The molecule has 2 aromatic carbocycles. The number of nitrogens with one attached hydrogen (secondary N) is 3. The van der Waals surface area contributed by atoms with Crippen LogP contribution in [0.25, 0.3) is 0 Å². The summed E-state index contributed by atoms with van der Waals surface area (Å²) in [5.41, 5.74) is 1.85. The maximum atomic E-state index is 12.6. The molecule has 0 bridgehead atoms. The van der Waals surface area contributed by atoms with E-state index in [0.717, 1.165) is 44.8 Å². The van der Waals surface area contributed by atoms with Crippen LogP contribution in [0.4, 0.5) is 5.69 Å². The molecule has 1 heterocycles. The molecule has 1 fully saturated rings. The van der Waals surface area contributed by atoms with Gasteiger partial charge in [0.05, 0.1) is 37.4 Å². The molecule has 0 saturated carbocycles. The number of halogens is 1. The van der Waals surface area contributed by atoms with Crippen molar-refractivity contribution in [3.8, 4) is 0 Å². The Labute approximate surface area is 176 Å². The number of hydrogen-bond acceptors (Lipinski definition) is 3. The second kappa shape index (κ2) is 11.0. The highest BCUT2D eigenvalue weighted by Gasteiger charge is 2.15. The van der Waals surface area contributed by atoms with Crippen LogP contribution in [0.3, 0.4) is 0 Å². The second-order valence-electron chi connectivity index (χ2n) is 7.12. The number of rotatable bonds is 8. The summed E-state index contributed by atoms with van der Waals surface area (Å²) in [4.78, 5) is 26.5. The first kappa shape index (κ1) is 21.3. The molecular weight excluding hydrogens is 390 g/mol. The number of carbonyl (C=O) groups excluding carboxylic acids is 2. The lowest BCUT2D eigenvalue weighted by molar-refractivity contribution is -0.908. The third-order valence-electron chi connectivity index (χ3n) is 4.92. The highest BCUT2D eigenvalue weighted by atomic mass is 35.5. The summed E-state index contributed by atoms with van der Waals surface area (Å²) >= 11 is 5.88. The van der Waals surface area contributed by atoms with Crippen molar-refractivity contribution in [3.05, 3.63) is 64.7 Å². The molecule has 2 amide bonds. The SMILES string of the molecule is O=C(Cc1ccc(Cl)cc1)Nc1ccccc1C(=O)NCCC[NH+]1CCOCC1. The molecule has 3 rings (SSSR count). The minimum Gasteiger partial charge on any atom is -0.370 e. The summed E-state index contributed by atoms with van der Waals surface area (Å²) in [5, 5.41) is 6.44. The highest BCUT2D eigenvalue weighted by molar-refractivity contribution is 6.30. The average molecular weight is 417 g/mol. The van der Waals surface area contributed by atoms with Crippen LogP contribution in [0.5, 0.6) is 0 Å². The Balaban J connectivity index is 1.50. The molecule has 29 heavy (non-hydrogen) atoms. The van der Waals surface area contributed by atoms with Gasteiger partial charge < -0.3 is 20.3 Å². The first-order chi connectivity index (χ1) is 14.1. The van der Waals surface area contributed by atoms with E-state index in [1.807, 2.05) is 12.1 Å². The molecule has 3 N–H and O–H groups in total. The van der Waals surface area contributed by atoms with E-state index in [9.17, 15) is 9.59 Å². The van der Waals surface area contributed by atoms with Crippen molar-refractivity contribution < 1.29 is 19.2 Å². The number of quaternary nitrogens is 1. The van der Waals surface area contributed by atoms with E-state index in [0.29, 0.717) is 22.8 Å². The zero-order valence-corrected chi connectivity index (χ0v) is 17.1. The molecule has 0 radical (unpaired) electrons. The molecule has 0 unspecified atom stereocenters. The average Bonchev–Trinajstić information content (AvgIpc) is 2.74. The van der Waals surface area contributed by atoms with Gasteiger partial charge in [0.25, 0.3) is 5.91 Å². The molecule has 0 spiro atoms. The maximum absolute atomic E-state index is 12.6. The Morgan fingerprint density at radius 2 is 1.76 bits per heavy atom. The standard InChI is InChI=1S/C22H26ClN3O3/c23-18-8-6-17(7-9-18)16-21(27)25-20-5-2-1-4-19(20)22(28)24-10-3-11-26-12-14-29-15-13-26/h1-2,4-9H,3,10-16H2,(H,24,28)(H,25,27)/p+1. The van der Waals surface area contributed by atoms with E-state index in [1.165, 1.54) is 4.90 Å². The lowest BCUT2D eigenvalue weighted by Crippen LogP contribution is -3.14. The first-order valence-corrected chi connectivity index (χ1v) is 10.3. The van der Waals surface area contributed by atoms with Gasteiger partial charge in [-0.15, -0.1) is 0 Å². The van der Waals surface area contributed by atoms with Crippen LogP contribution in [0.15, 0.2) is 48.5 Å². The normalized spacial score (nSPS) is 14.4. The van der Waals surface area contributed by atoms with Crippen molar-refractivity contribution >= 4 is 29.1 Å². The molecule has 0 aliphatic carbocycles. The topological polar surface area (TPSA) is 71.9 Å². The van der Waals surface area contributed by atoms with Crippen molar-refractivity contribution in [1.29, 1.82) is 0 Å². The fourth-order valence-electron chi connectivity index (χ4n) is 3.32. The van der Waals surface area contributed by atoms with Crippen molar-refractivity contribution in [2.45, 2.75) is 12.8 Å². The predicted octanol–water partition coefficient (Wildman–Crippen LogP) is 1.56. The van der Waals surface area contributed by atoms with E-state index in [1.54, 1.807) is 36.4 Å². The molecule has 1 saturated heterocycles. The smallest absolute Gasteiger partial charge is 0.253 e. The number of carbonyl (C=O) groups is 2. The summed E-state index contributed by atoms with van der Waals surface area (Å²) in [6.45, 7) is 5.29. The van der Waals surface area contributed by atoms with Gasteiger partial charge in [-0.2, -0.15) is 0 Å². The summed E-state index contributed by atoms with van der Waals surface area (Å²) in [6, 6.07) is 14.2. The molecule has 0 atom stereocenters. The molecule has 1 aliphatic rings. The lowest BCUT2D eigenvalue weighted by atomic mass is 10.1. The van der Waals surface area contributed by atoms with E-state index in [4.69, 9.17) is 16.3 Å². The zero-order valence-electron chi connectivity index (χ0n) is 16.4. The van der Waals surface area contributed by atoms with Crippen molar-refractivity contribution in [3.63, 3.8) is 0 Å². The van der Waals surface area contributed by atoms with Gasteiger partial charge in [0.2, 0.25) is 5.91 Å². The number of benzene rings is 2. The van der Waals surface area contributed by atoms with E-state index < -0.39 is 0 Å². The van der Waals surface area contributed by atoms with E-state index in [-0.39, 0.29) is 18.2 Å². The molecule has 6 nitrogen and oxygen atoms in total. The minimum atomic E-state index is -0.177. The van der Waals surface area contributed by atoms with Crippen LogP contribution in [0.2, 0.25) is 5.02 Å². The van der Waals surface area contributed by atoms with Crippen LogP contribution in [0.1, 0.15) is 22.3 Å². The quantitative estimate of drug-likeness (QED) is 0.572. The van der Waals surface area contributed by atoms with Crippen LogP contribution >= 0.6 is 11.6 Å². The number of morpholine rings is 1. The molecular formula is C22H27ClN3O3+. The number of ether oxygens (including phenoxy) is 1. The summed E-state index contributed by atoms with van der Waals surface area (Å²) in [5.74, 6) is -0.354. The summed E-state index contributed by atoms with van der Waals surface area (Å²) in [7, 11) is 0. The third-order valence-corrected chi connectivity index (χ3v) is 5.17. The van der Waals surface area contributed by atoms with Gasteiger partial charge in [-0.1, -0.05) is 35.9 Å². The lowest BCUT2D eigenvalue weighted by Gasteiger charge is -2.23. The Kier molecular flexibility index (Phi) is 8.04. The number of hydrogen-bond donors (Lipinski definition) is 3. The largest absolute Gasteiger partial charge is 0.370 e. The second-order valence-corrected chi connectivity index (χ2v) is 7.56. The summed E-state index contributed by atoms with van der Waals surface area (Å²) < 4.78 is 5.36. The number of amides is 2. The molecule has 1 aliphatic heterocycles. The van der Waals surface area contributed by atoms with Gasteiger partial charge in [0.15, 0.2) is 0 Å². The Hall–Kier alpha value is -2.41.